The fourth-order valence-electron chi connectivity index (χ4n) is 6.43. The summed E-state index contributed by atoms with van der Waals surface area (Å²) in [4.78, 5) is 8.17. The van der Waals surface area contributed by atoms with Crippen LogP contribution in [0.15, 0.2) is 0 Å². The Labute approximate surface area is 168 Å². The quantitative estimate of drug-likeness (QED) is 0.705. The lowest BCUT2D eigenvalue weighted by Gasteiger charge is -2.58. The zero-order chi connectivity index (χ0) is 19.4. The van der Waals surface area contributed by atoms with Crippen LogP contribution < -0.4 is 0 Å². The smallest absolute Gasteiger partial charge is 0.0350 e. The molecular formula is C24H45N3. The normalized spacial score (nSPS) is 30.4. The van der Waals surface area contributed by atoms with Crippen molar-refractivity contribution in [1.82, 2.24) is 14.7 Å². The Bertz CT molecular complexity index is 499. The molecule has 3 heteroatoms. The highest BCUT2D eigenvalue weighted by atomic mass is 15.3. The first-order valence-electron chi connectivity index (χ1n) is 11.8. The number of piperidine rings is 2. The van der Waals surface area contributed by atoms with E-state index in [9.17, 15) is 0 Å². The Morgan fingerprint density at radius 3 is 1.67 bits per heavy atom. The van der Waals surface area contributed by atoms with Crippen molar-refractivity contribution >= 4 is 0 Å². The molecule has 0 bridgehead atoms. The van der Waals surface area contributed by atoms with E-state index in [0.717, 1.165) is 23.3 Å². The van der Waals surface area contributed by atoms with Crippen molar-refractivity contribution in [1.29, 1.82) is 0 Å². The van der Waals surface area contributed by atoms with Gasteiger partial charge < -0.3 is 0 Å². The standard InChI is InChI=1S/C24H45N3/c1-22(2,3)26-11-7-19(8-12-26)20-15-24(16-20)9-13-25(14-10-24)21-17-27(18-21)23(4,5)6/h19-21H,7-18H2,1-6H3. The fourth-order valence-corrected chi connectivity index (χ4v) is 6.43. The van der Waals surface area contributed by atoms with Gasteiger partial charge in [-0.2, -0.15) is 0 Å². The van der Waals surface area contributed by atoms with Crippen LogP contribution in [0.2, 0.25) is 0 Å². The summed E-state index contributed by atoms with van der Waals surface area (Å²) in [7, 11) is 0. The molecule has 4 fully saturated rings. The number of nitrogens with zero attached hydrogens (tertiary/aromatic N) is 3. The first-order valence-corrected chi connectivity index (χ1v) is 11.8. The summed E-state index contributed by atoms with van der Waals surface area (Å²) in [5, 5.41) is 0. The molecule has 3 aliphatic heterocycles. The second-order valence-electron chi connectivity index (χ2n) is 12.4. The highest BCUT2D eigenvalue weighted by molar-refractivity contribution is 5.02. The Morgan fingerprint density at radius 1 is 0.667 bits per heavy atom. The average molecular weight is 376 g/mol. The summed E-state index contributed by atoms with van der Waals surface area (Å²) in [6.45, 7) is 22.2. The number of hydrogen-bond donors (Lipinski definition) is 0. The molecule has 0 unspecified atom stereocenters. The molecule has 0 radical (unpaired) electrons. The maximum Gasteiger partial charge on any atom is 0.0350 e. The Kier molecular flexibility index (Phi) is 5.22. The largest absolute Gasteiger partial charge is 0.298 e. The van der Waals surface area contributed by atoms with Gasteiger partial charge >= 0.3 is 0 Å². The van der Waals surface area contributed by atoms with Crippen LogP contribution >= 0.6 is 0 Å². The average Bonchev–Trinajstić information content (AvgIpc) is 2.50. The van der Waals surface area contributed by atoms with E-state index in [0.29, 0.717) is 11.1 Å². The van der Waals surface area contributed by atoms with Crippen LogP contribution in [0.3, 0.4) is 0 Å². The molecule has 4 rings (SSSR count). The van der Waals surface area contributed by atoms with Gasteiger partial charge in [0.15, 0.2) is 0 Å². The van der Waals surface area contributed by atoms with Crippen LogP contribution in [-0.2, 0) is 0 Å². The van der Waals surface area contributed by atoms with E-state index < -0.39 is 0 Å². The van der Waals surface area contributed by atoms with Gasteiger partial charge in [-0.05, 0) is 123 Å². The van der Waals surface area contributed by atoms with Crippen LogP contribution in [-0.4, -0.2) is 71.1 Å². The number of likely N-dealkylation sites (tertiary alicyclic amines) is 3. The Morgan fingerprint density at radius 2 is 1.19 bits per heavy atom. The molecule has 0 aromatic heterocycles. The summed E-state index contributed by atoms with van der Waals surface area (Å²) < 4.78 is 0. The summed E-state index contributed by atoms with van der Waals surface area (Å²) in [5.74, 6) is 2.08. The molecule has 0 aromatic rings. The minimum absolute atomic E-state index is 0.358. The molecule has 3 nitrogen and oxygen atoms in total. The van der Waals surface area contributed by atoms with E-state index in [1.54, 1.807) is 12.8 Å². The Balaban J connectivity index is 1.18. The molecule has 1 spiro atoms. The molecule has 4 aliphatic rings. The van der Waals surface area contributed by atoms with Crippen LogP contribution in [0, 0.1) is 17.3 Å². The maximum absolute atomic E-state index is 2.82. The minimum Gasteiger partial charge on any atom is -0.298 e. The molecule has 1 saturated carbocycles. The van der Waals surface area contributed by atoms with E-state index in [2.05, 4.69) is 56.2 Å². The third kappa shape index (κ3) is 4.12. The van der Waals surface area contributed by atoms with Gasteiger partial charge in [0, 0.05) is 30.2 Å². The van der Waals surface area contributed by atoms with Crippen LogP contribution in [0.5, 0.6) is 0 Å². The molecular weight excluding hydrogens is 330 g/mol. The van der Waals surface area contributed by atoms with Crippen LogP contribution in [0.1, 0.15) is 80.1 Å². The van der Waals surface area contributed by atoms with Gasteiger partial charge in [-0.1, -0.05) is 0 Å². The lowest BCUT2D eigenvalue weighted by Crippen LogP contribution is -2.66. The Hall–Kier alpha value is -0.120. The zero-order valence-corrected chi connectivity index (χ0v) is 19.1. The van der Waals surface area contributed by atoms with Crippen molar-refractivity contribution in [2.45, 2.75) is 97.2 Å². The predicted octanol–water partition coefficient (Wildman–Crippen LogP) is 4.47. The summed E-state index contributed by atoms with van der Waals surface area (Å²) in [6.07, 6.45) is 8.98. The molecule has 1 aliphatic carbocycles. The van der Waals surface area contributed by atoms with Gasteiger partial charge in [0.2, 0.25) is 0 Å². The predicted molar refractivity (Wildman–Crippen MR) is 115 cm³/mol. The minimum atomic E-state index is 0.358. The van der Waals surface area contributed by atoms with Gasteiger partial charge in [-0.3, -0.25) is 14.7 Å². The molecule has 3 saturated heterocycles. The molecule has 0 N–H and O–H groups in total. The molecule has 27 heavy (non-hydrogen) atoms. The van der Waals surface area contributed by atoms with Gasteiger partial charge in [-0.15, -0.1) is 0 Å². The van der Waals surface area contributed by atoms with Gasteiger partial charge in [0.05, 0.1) is 0 Å². The third-order valence-corrected chi connectivity index (χ3v) is 8.73. The second kappa shape index (κ2) is 6.99. The monoisotopic (exact) mass is 375 g/mol. The van der Waals surface area contributed by atoms with E-state index in [4.69, 9.17) is 0 Å². The van der Waals surface area contributed by atoms with Crippen molar-refractivity contribution in [2.75, 3.05) is 39.3 Å². The third-order valence-electron chi connectivity index (χ3n) is 8.73. The van der Waals surface area contributed by atoms with E-state index in [1.165, 1.54) is 65.0 Å². The molecule has 156 valence electrons. The SMILES string of the molecule is CC(C)(C)N1CCC(C2CC3(CCN(C4CN(C(C)(C)C)C4)CC3)C2)CC1. The topological polar surface area (TPSA) is 9.72 Å². The molecule has 0 aromatic carbocycles. The molecule has 3 heterocycles. The molecule has 0 amide bonds. The lowest BCUT2D eigenvalue weighted by atomic mass is 9.53. The maximum atomic E-state index is 2.82. The highest BCUT2D eigenvalue weighted by Gasteiger charge is 2.50. The van der Waals surface area contributed by atoms with Crippen molar-refractivity contribution in [2.24, 2.45) is 17.3 Å². The number of hydrogen-bond acceptors (Lipinski definition) is 3. The van der Waals surface area contributed by atoms with E-state index in [1.807, 2.05) is 0 Å². The van der Waals surface area contributed by atoms with Crippen molar-refractivity contribution in [3.63, 3.8) is 0 Å². The summed E-state index contributed by atoms with van der Waals surface area (Å²) in [6, 6.07) is 0.846. The highest BCUT2D eigenvalue weighted by Crippen LogP contribution is 2.56. The molecule has 0 atom stereocenters. The van der Waals surface area contributed by atoms with E-state index >= 15 is 0 Å². The van der Waals surface area contributed by atoms with Gasteiger partial charge in [0.25, 0.3) is 0 Å². The number of rotatable bonds is 2. The fraction of sp³-hybridized carbons (Fsp3) is 1.00. The van der Waals surface area contributed by atoms with Crippen molar-refractivity contribution in [3.8, 4) is 0 Å². The zero-order valence-electron chi connectivity index (χ0n) is 19.1. The first kappa shape index (κ1) is 20.2. The lowest BCUT2D eigenvalue weighted by molar-refractivity contribution is -0.0852. The van der Waals surface area contributed by atoms with Gasteiger partial charge in [0.1, 0.15) is 0 Å². The second-order valence-corrected chi connectivity index (χ2v) is 12.4. The van der Waals surface area contributed by atoms with Gasteiger partial charge in [-0.25, -0.2) is 0 Å². The van der Waals surface area contributed by atoms with Crippen LogP contribution in [0.4, 0.5) is 0 Å². The van der Waals surface area contributed by atoms with Crippen molar-refractivity contribution in [3.05, 3.63) is 0 Å². The first-order chi connectivity index (χ1) is 12.6. The van der Waals surface area contributed by atoms with Crippen molar-refractivity contribution < 1.29 is 0 Å². The summed E-state index contributed by atoms with van der Waals surface area (Å²) >= 11 is 0. The summed E-state index contributed by atoms with van der Waals surface area (Å²) in [5.41, 5.74) is 1.47. The van der Waals surface area contributed by atoms with E-state index in [-0.39, 0.29) is 0 Å². The van der Waals surface area contributed by atoms with Crippen LogP contribution in [0.25, 0.3) is 0 Å².